The van der Waals surface area contributed by atoms with E-state index in [1.54, 1.807) is 12.1 Å². The average molecular weight is 462 g/mol. The summed E-state index contributed by atoms with van der Waals surface area (Å²) < 4.78 is 0. The van der Waals surface area contributed by atoms with E-state index in [9.17, 15) is 14.4 Å². The molecule has 0 fully saturated rings. The van der Waals surface area contributed by atoms with Gasteiger partial charge in [-0.3, -0.25) is 15.0 Å². The fourth-order valence-corrected chi connectivity index (χ4v) is 3.61. The van der Waals surface area contributed by atoms with Crippen LogP contribution in [-0.2, 0) is 9.59 Å². The molecule has 2 atom stereocenters. The highest BCUT2D eigenvalue weighted by molar-refractivity contribution is 6.22. The maximum absolute atomic E-state index is 13.5. The fourth-order valence-electron chi connectivity index (χ4n) is 3.61. The third kappa shape index (κ3) is 6.77. The van der Waals surface area contributed by atoms with E-state index >= 15 is 0 Å². The highest BCUT2D eigenvalue weighted by Crippen LogP contribution is 2.26. The molecule has 32 heavy (non-hydrogen) atoms. The Kier molecular flexibility index (Phi) is 10.3. The number of nitrogens with two attached hydrogens (primary N) is 2. The smallest absolute Gasteiger partial charge is 0.248 e. The van der Waals surface area contributed by atoms with Crippen molar-refractivity contribution in [2.24, 2.45) is 17.4 Å². The molecule has 0 radical (unpaired) electrons. The van der Waals surface area contributed by atoms with Gasteiger partial charge in [0.25, 0.3) is 0 Å². The van der Waals surface area contributed by atoms with Crippen LogP contribution in [0.15, 0.2) is 42.5 Å². The van der Waals surface area contributed by atoms with Gasteiger partial charge in [-0.2, -0.15) is 0 Å². The quantitative estimate of drug-likeness (QED) is 0.0863. The molecule has 0 bridgehead atoms. The average Bonchev–Trinajstić information content (AvgIpc) is 2.73. The third-order valence-electron chi connectivity index (χ3n) is 5.06. The number of carbonyl (C=O) groups is 3. The molecule has 0 aromatic heterocycles. The number of hydrogen-bond donors (Lipinski definition) is 5. The summed E-state index contributed by atoms with van der Waals surface area (Å²) in [6, 6.07) is 12.0. The summed E-state index contributed by atoms with van der Waals surface area (Å²) in [6.45, 7) is 4.16. The molecule has 2 rings (SSSR count). The second-order valence-electron chi connectivity index (χ2n) is 8.12. The summed E-state index contributed by atoms with van der Waals surface area (Å²) >= 11 is 0. The second kappa shape index (κ2) is 12.2. The highest BCUT2D eigenvalue weighted by Gasteiger charge is 2.43. The number of carbonyl (C=O) groups excluding carboxylic acids is 3. The summed E-state index contributed by atoms with van der Waals surface area (Å²) in [4.78, 5) is 38.2. The Morgan fingerprint density at radius 2 is 1.81 bits per heavy atom. The van der Waals surface area contributed by atoms with Gasteiger partial charge in [0.2, 0.25) is 5.91 Å². The Bertz CT molecular complexity index is 960. The zero-order chi connectivity index (χ0) is 23.0. The van der Waals surface area contributed by atoms with E-state index in [0.29, 0.717) is 31.2 Å². The number of rotatable bonds is 11. The molecule has 174 valence electrons. The first-order valence-electron chi connectivity index (χ1n) is 10.3. The Morgan fingerprint density at radius 3 is 2.44 bits per heavy atom. The van der Waals surface area contributed by atoms with Crippen LogP contribution >= 0.6 is 12.4 Å². The molecule has 0 saturated carbocycles. The Hall–Kier alpha value is -2.97. The van der Waals surface area contributed by atoms with Crippen molar-refractivity contribution in [3.63, 3.8) is 0 Å². The minimum absolute atomic E-state index is 0. The lowest BCUT2D eigenvalue weighted by Gasteiger charge is -2.30. The van der Waals surface area contributed by atoms with Gasteiger partial charge >= 0.3 is 0 Å². The first kappa shape index (κ1) is 27.1. The third-order valence-corrected chi connectivity index (χ3v) is 5.06. The zero-order valence-electron chi connectivity index (χ0n) is 18.4. The van der Waals surface area contributed by atoms with Gasteiger partial charge in [0.1, 0.15) is 6.29 Å². The van der Waals surface area contributed by atoms with Crippen LogP contribution in [0.1, 0.15) is 43.5 Å². The molecule has 0 heterocycles. The molecule has 0 unspecified atom stereocenters. The topological polar surface area (TPSA) is 151 Å². The number of fused-ring (bicyclic) bond motifs is 1. The van der Waals surface area contributed by atoms with Crippen molar-refractivity contribution in [1.82, 2.24) is 10.6 Å². The minimum Gasteiger partial charge on any atom is -0.370 e. The number of benzene rings is 2. The summed E-state index contributed by atoms with van der Waals surface area (Å²) in [5.41, 5.74) is 10.3. The number of hydrogen-bond acceptors (Lipinski definition) is 5. The predicted octanol–water partition coefficient (Wildman–Crippen LogP) is 2.13. The van der Waals surface area contributed by atoms with E-state index in [0.717, 1.165) is 10.8 Å². The van der Waals surface area contributed by atoms with Crippen LogP contribution in [0.3, 0.4) is 0 Å². The van der Waals surface area contributed by atoms with Crippen LogP contribution in [0.4, 0.5) is 0 Å². The molecule has 0 aliphatic heterocycles. The fraction of sp³-hybridized carbons (Fsp3) is 0.391. The SMILES string of the molecule is CC(C)C[C@](N)(C(=O)N[C@H](C=O)CCCNC(=N)N)C(=O)c1cccc2ccccc12.Cl. The molecule has 0 saturated heterocycles. The predicted molar refractivity (Wildman–Crippen MR) is 129 cm³/mol. The summed E-state index contributed by atoms with van der Waals surface area (Å²) in [5, 5.41) is 14.0. The van der Waals surface area contributed by atoms with Gasteiger partial charge in [-0.15, -0.1) is 12.4 Å². The van der Waals surface area contributed by atoms with E-state index in [1.807, 2.05) is 44.2 Å². The normalized spacial score (nSPS) is 13.5. The maximum atomic E-state index is 13.5. The van der Waals surface area contributed by atoms with Gasteiger partial charge < -0.3 is 26.9 Å². The first-order chi connectivity index (χ1) is 14.7. The molecule has 7 N–H and O–H groups in total. The van der Waals surface area contributed by atoms with E-state index in [2.05, 4.69) is 10.6 Å². The standard InChI is InChI=1S/C23H31N5O3.ClH/c1-15(2)13-23(26,21(31)28-17(14-29)9-6-12-27-22(24)25)20(30)19-11-5-8-16-7-3-4-10-18(16)19;/h3-5,7-8,10-11,14-15,17H,6,9,12-13,26H2,1-2H3,(H,28,31)(H4,24,25,27);1H/t17-,23+;/m0./s1. The lowest BCUT2D eigenvalue weighted by atomic mass is 9.80. The second-order valence-corrected chi connectivity index (χ2v) is 8.12. The molecule has 1 amide bonds. The van der Waals surface area contributed by atoms with Crippen molar-refractivity contribution in [3.05, 3.63) is 48.0 Å². The number of Topliss-reactive ketones (excluding diaryl/α,β-unsaturated/α-hetero) is 1. The van der Waals surface area contributed by atoms with Gasteiger partial charge in [0, 0.05) is 12.1 Å². The maximum Gasteiger partial charge on any atom is 0.248 e. The molecule has 9 heteroatoms. The number of ketones is 1. The first-order valence-corrected chi connectivity index (χ1v) is 10.3. The van der Waals surface area contributed by atoms with Crippen molar-refractivity contribution in [1.29, 1.82) is 5.41 Å². The Balaban J connectivity index is 0.00000512. The lowest BCUT2D eigenvalue weighted by Crippen LogP contribution is -2.62. The molecule has 0 aliphatic carbocycles. The number of amides is 1. The van der Waals surface area contributed by atoms with E-state index in [-0.39, 0.29) is 30.7 Å². The van der Waals surface area contributed by atoms with E-state index in [1.165, 1.54) is 0 Å². The molecule has 0 aliphatic rings. The van der Waals surface area contributed by atoms with Gasteiger partial charge in [-0.25, -0.2) is 0 Å². The van der Waals surface area contributed by atoms with Crippen molar-refractivity contribution in [2.45, 2.75) is 44.7 Å². The van der Waals surface area contributed by atoms with Crippen LogP contribution in [0.2, 0.25) is 0 Å². The monoisotopic (exact) mass is 461 g/mol. The van der Waals surface area contributed by atoms with Crippen LogP contribution in [-0.4, -0.2) is 42.1 Å². The van der Waals surface area contributed by atoms with Crippen molar-refractivity contribution in [2.75, 3.05) is 6.54 Å². The van der Waals surface area contributed by atoms with Crippen LogP contribution in [0.5, 0.6) is 0 Å². The summed E-state index contributed by atoms with van der Waals surface area (Å²) in [5.74, 6) is -1.33. The van der Waals surface area contributed by atoms with Crippen LogP contribution in [0, 0.1) is 11.3 Å². The van der Waals surface area contributed by atoms with Gasteiger partial charge in [0.15, 0.2) is 17.3 Å². The van der Waals surface area contributed by atoms with Crippen molar-refractivity contribution >= 4 is 47.1 Å². The van der Waals surface area contributed by atoms with E-state index < -0.39 is 23.3 Å². The Labute approximate surface area is 194 Å². The lowest BCUT2D eigenvalue weighted by molar-refractivity contribution is -0.127. The highest BCUT2D eigenvalue weighted by atomic mass is 35.5. The molecule has 8 nitrogen and oxygen atoms in total. The molecule has 2 aromatic rings. The molecule has 0 spiro atoms. The molecular weight excluding hydrogens is 430 g/mol. The van der Waals surface area contributed by atoms with Crippen LogP contribution < -0.4 is 22.1 Å². The van der Waals surface area contributed by atoms with Crippen molar-refractivity contribution < 1.29 is 14.4 Å². The Morgan fingerprint density at radius 1 is 1.16 bits per heavy atom. The largest absolute Gasteiger partial charge is 0.370 e. The number of nitrogens with one attached hydrogen (secondary N) is 3. The zero-order valence-corrected chi connectivity index (χ0v) is 19.2. The van der Waals surface area contributed by atoms with Crippen LogP contribution in [0.25, 0.3) is 10.8 Å². The summed E-state index contributed by atoms with van der Waals surface area (Å²) in [6.07, 6.45) is 1.60. The number of aldehydes is 1. The van der Waals surface area contributed by atoms with E-state index in [4.69, 9.17) is 16.9 Å². The minimum atomic E-state index is -1.81. The van der Waals surface area contributed by atoms with Crippen molar-refractivity contribution in [3.8, 4) is 0 Å². The van der Waals surface area contributed by atoms with Gasteiger partial charge in [-0.1, -0.05) is 56.3 Å². The molecule has 2 aromatic carbocycles. The number of halogens is 1. The summed E-state index contributed by atoms with van der Waals surface area (Å²) in [7, 11) is 0. The number of guanidine groups is 1. The van der Waals surface area contributed by atoms with Gasteiger partial charge in [-0.05, 0) is 36.0 Å². The van der Waals surface area contributed by atoms with Gasteiger partial charge in [0.05, 0.1) is 6.04 Å². The molecular formula is C23H32ClN5O3.